The lowest BCUT2D eigenvalue weighted by Gasteiger charge is -2.44. The second-order valence-corrected chi connectivity index (χ2v) is 17.1. The Labute approximate surface area is 335 Å². The second kappa shape index (κ2) is 14.8. The fourth-order valence-corrected chi connectivity index (χ4v) is 10.3. The standard InChI is InChI=1S/C45H47F2N5O6/c1-26-18-30-19-33(53)6-7-34(30)41(51(26)24-38(46)47)29-4-2-27(3-5-29)28-10-12-45(13-11-28)14-16-50(17-15-45)40(55)25-49-22-31-20-35-36(21-32(31)23-49)44(58)52(43(35)57)37-8-9-39(54)48-42(37)56/h2-7,10,19-21,26,37-38,41,53H,8-9,11-18,22-25H2,1H3,(H,48,54,56)/t26-,37?,41-/m1/s1. The highest BCUT2D eigenvalue weighted by Crippen LogP contribution is 2.47. The molecule has 1 spiro atoms. The first-order valence-electron chi connectivity index (χ1n) is 20.4. The van der Waals surface area contributed by atoms with Crippen molar-refractivity contribution < 1.29 is 37.9 Å². The molecule has 2 fully saturated rings. The van der Waals surface area contributed by atoms with Crippen LogP contribution in [-0.2, 0) is 33.9 Å². The van der Waals surface area contributed by atoms with E-state index in [2.05, 4.69) is 35.7 Å². The number of piperidine rings is 2. The van der Waals surface area contributed by atoms with Crippen molar-refractivity contribution in [1.29, 1.82) is 0 Å². The van der Waals surface area contributed by atoms with Gasteiger partial charge in [-0.1, -0.05) is 36.4 Å². The maximum Gasteiger partial charge on any atom is 0.262 e. The van der Waals surface area contributed by atoms with Crippen molar-refractivity contribution in [3.8, 4) is 5.75 Å². The highest BCUT2D eigenvalue weighted by Gasteiger charge is 2.46. The molecular weight excluding hydrogens is 745 g/mol. The van der Waals surface area contributed by atoms with E-state index >= 15 is 0 Å². The van der Waals surface area contributed by atoms with E-state index in [0.29, 0.717) is 32.6 Å². The third-order valence-electron chi connectivity index (χ3n) is 13.6. The van der Waals surface area contributed by atoms with Crippen LogP contribution in [0.1, 0.15) is 112 Å². The van der Waals surface area contributed by atoms with Crippen LogP contribution < -0.4 is 5.32 Å². The Morgan fingerprint density at radius 3 is 2.21 bits per heavy atom. The van der Waals surface area contributed by atoms with Crippen molar-refractivity contribution in [2.24, 2.45) is 5.41 Å². The van der Waals surface area contributed by atoms with Crippen molar-refractivity contribution in [2.75, 3.05) is 26.2 Å². The lowest BCUT2D eigenvalue weighted by molar-refractivity contribution is -0.136. The maximum atomic E-state index is 13.7. The number of hydrogen-bond acceptors (Lipinski definition) is 8. The van der Waals surface area contributed by atoms with Gasteiger partial charge in [0.25, 0.3) is 18.2 Å². The normalized spacial score (nSPS) is 24.6. The van der Waals surface area contributed by atoms with Crippen LogP contribution >= 0.6 is 0 Å². The fraction of sp³-hybridized carbons (Fsp3) is 0.444. The van der Waals surface area contributed by atoms with Gasteiger partial charge in [-0.15, -0.1) is 0 Å². The average molecular weight is 792 g/mol. The molecule has 0 aromatic heterocycles. The fourth-order valence-electron chi connectivity index (χ4n) is 10.3. The summed E-state index contributed by atoms with van der Waals surface area (Å²) in [4.78, 5) is 71.1. The van der Waals surface area contributed by atoms with Gasteiger partial charge in [-0.05, 0) is 121 Å². The zero-order valence-corrected chi connectivity index (χ0v) is 32.5. The van der Waals surface area contributed by atoms with Gasteiger partial charge in [0.05, 0.1) is 30.3 Å². The van der Waals surface area contributed by atoms with Gasteiger partial charge < -0.3 is 10.0 Å². The van der Waals surface area contributed by atoms with Crippen LogP contribution in [0, 0.1) is 5.41 Å². The molecule has 6 aliphatic rings. The number of imide groups is 2. The summed E-state index contributed by atoms with van der Waals surface area (Å²) in [6, 6.07) is 15.6. The number of phenolic OH excluding ortho intramolecular Hbond substituents is 1. The number of nitrogens with one attached hydrogen (secondary N) is 1. The Morgan fingerprint density at radius 2 is 1.59 bits per heavy atom. The third-order valence-corrected chi connectivity index (χ3v) is 13.6. The zero-order chi connectivity index (χ0) is 40.5. The van der Waals surface area contributed by atoms with Gasteiger partial charge in [-0.3, -0.25) is 44.0 Å². The van der Waals surface area contributed by atoms with Crippen LogP contribution in [-0.4, -0.2) is 98.9 Å². The van der Waals surface area contributed by atoms with Crippen molar-refractivity contribution in [3.05, 3.63) is 105 Å². The molecule has 3 aromatic rings. The van der Waals surface area contributed by atoms with E-state index in [4.69, 9.17) is 0 Å². The Morgan fingerprint density at radius 1 is 0.897 bits per heavy atom. The summed E-state index contributed by atoms with van der Waals surface area (Å²) < 4.78 is 27.5. The number of rotatable bonds is 7. The van der Waals surface area contributed by atoms with Gasteiger partial charge in [0.15, 0.2) is 0 Å². The van der Waals surface area contributed by atoms with Crippen molar-refractivity contribution in [3.63, 3.8) is 0 Å². The van der Waals surface area contributed by atoms with Crippen molar-refractivity contribution in [1.82, 2.24) is 24.9 Å². The van der Waals surface area contributed by atoms with Gasteiger partial charge >= 0.3 is 0 Å². The summed E-state index contributed by atoms with van der Waals surface area (Å²) in [6.45, 7) is 4.23. The quantitative estimate of drug-likeness (QED) is 0.297. The van der Waals surface area contributed by atoms with E-state index in [0.717, 1.165) is 70.4 Å². The third kappa shape index (κ3) is 6.91. The van der Waals surface area contributed by atoms with E-state index in [1.165, 1.54) is 5.57 Å². The van der Waals surface area contributed by atoms with Gasteiger partial charge in [-0.25, -0.2) is 8.78 Å². The van der Waals surface area contributed by atoms with Gasteiger partial charge in [0.1, 0.15) is 11.8 Å². The minimum absolute atomic E-state index is 0.0660. The van der Waals surface area contributed by atoms with Gasteiger partial charge in [0.2, 0.25) is 17.7 Å². The second-order valence-electron chi connectivity index (χ2n) is 17.1. The molecule has 5 aliphatic heterocycles. The average Bonchev–Trinajstić information content (AvgIpc) is 3.70. The van der Waals surface area contributed by atoms with Gasteiger partial charge in [-0.2, -0.15) is 0 Å². The minimum Gasteiger partial charge on any atom is -0.508 e. The van der Waals surface area contributed by atoms with Crippen LogP contribution in [0.25, 0.3) is 5.57 Å². The summed E-state index contributed by atoms with van der Waals surface area (Å²) >= 11 is 0. The maximum absolute atomic E-state index is 13.7. The molecule has 3 atom stereocenters. The Bertz CT molecular complexity index is 2200. The zero-order valence-electron chi connectivity index (χ0n) is 32.5. The number of aromatic hydroxyl groups is 1. The number of carbonyl (C=O) groups excluding carboxylic acids is 5. The molecule has 0 radical (unpaired) electrons. The number of fused-ring (bicyclic) bond motifs is 3. The molecule has 5 amide bonds. The Hall–Kier alpha value is -5.27. The summed E-state index contributed by atoms with van der Waals surface area (Å²) in [5, 5.41) is 12.3. The molecule has 5 heterocycles. The highest BCUT2D eigenvalue weighted by atomic mass is 19.3. The first kappa shape index (κ1) is 38.3. The first-order chi connectivity index (χ1) is 27.9. The molecule has 2 N–H and O–H groups in total. The van der Waals surface area contributed by atoms with Crippen LogP contribution in [0.15, 0.2) is 60.7 Å². The predicted octanol–water partition coefficient (Wildman–Crippen LogP) is 5.59. The summed E-state index contributed by atoms with van der Waals surface area (Å²) in [5.41, 5.74) is 7.76. The summed E-state index contributed by atoms with van der Waals surface area (Å²) in [7, 11) is 0. The number of halogens is 2. The SMILES string of the molecule is C[C@@H]1Cc2cc(O)ccc2[C@@H](c2ccc(C3=CCC4(CC3)CCN(C(=O)CN3Cc5cc6c(cc5C3)C(=O)N(C3CCC(=O)NC3=O)C6=O)CC4)cc2)N1CC(F)F. The topological polar surface area (TPSA) is 131 Å². The van der Waals surface area contributed by atoms with Crippen LogP contribution in [0.2, 0.25) is 0 Å². The van der Waals surface area contributed by atoms with Crippen LogP contribution in [0.4, 0.5) is 8.78 Å². The number of amides is 5. The lowest BCUT2D eigenvalue weighted by atomic mass is 9.68. The van der Waals surface area contributed by atoms with E-state index in [9.17, 15) is 37.9 Å². The molecule has 58 heavy (non-hydrogen) atoms. The molecule has 0 bridgehead atoms. The minimum atomic E-state index is -2.45. The number of allylic oxidation sites excluding steroid dienone is 2. The summed E-state index contributed by atoms with van der Waals surface area (Å²) in [5.74, 6) is -1.86. The molecule has 9 rings (SSSR count). The predicted molar refractivity (Wildman–Crippen MR) is 210 cm³/mol. The highest BCUT2D eigenvalue weighted by molar-refractivity contribution is 6.23. The molecule has 11 nitrogen and oxygen atoms in total. The number of hydrogen-bond donors (Lipinski definition) is 2. The van der Waals surface area contributed by atoms with Crippen molar-refractivity contribution >= 4 is 35.1 Å². The molecule has 1 unspecified atom stereocenters. The molecule has 3 aromatic carbocycles. The molecule has 2 saturated heterocycles. The lowest BCUT2D eigenvalue weighted by Crippen LogP contribution is -2.54. The number of phenols is 1. The van der Waals surface area contributed by atoms with E-state index in [-0.39, 0.29) is 66.2 Å². The summed E-state index contributed by atoms with van der Waals surface area (Å²) in [6.07, 6.45) is 5.43. The number of carbonyl (C=O) groups is 5. The monoisotopic (exact) mass is 791 g/mol. The number of likely N-dealkylation sites (tertiary alicyclic amines) is 1. The Balaban J connectivity index is 0.796. The number of nitrogens with zero attached hydrogens (tertiary/aromatic N) is 4. The molecule has 13 heteroatoms. The smallest absolute Gasteiger partial charge is 0.262 e. The molecule has 0 saturated carbocycles. The van der Waals surface area contributed by atoms with Crippen LogP contribution in [0.5, 0.6) is 5.75 Å². The van der Waals surface area contributed by atoms with Gasteiger partial charge in [0, 0.05) is 38.6 Å². The van der Waals surface area contributed by atoms with E-state index in [1.54, 1.807) is 24.3 Å². The largest absolute Gasteiger partial charge is 0.508 e. The van der Waals surface area contributed by atoms with Crippen molar-refractivity contribution in [2.45, 2.75) is 95.9 Å². The number of alkyl halides is 2. The van der Waals surface area contributed by atoms with Crippen LogP contribution in [0.3, 0.4) is 0 Å². The number of benzene rings is 3. The Kier molecular flexibility index (Phi) is 9.79. The molecule has 1 aliphatic carbocycles. The molecule has 302 valence electrons. The first-order valence-corrected chi connectivity index (χ1v) is 20.4. The van der Waals surface area contributed by atoms with E-state index in [1.807, 2.05) is 27.7 Å². The van der Waals surface area contributed by atoms with E-state index < -0.39 is 36.1 Å². The molecular formula is C45H47F2N5O6.